The molecule has 0 heterocycles. The first-order valence-corrected chi connectivity index (χ1v) is 6.21. The Morgan fingerprint density at radius 2 is 2.06 bits per heavy atom. The summed E-state index contributed by atoms with van der Waals surface area (Å²) in [6.45, 7) is 6.23. The predicted octanol–water partition coefficient (Wildman–Crippen LogP) is 2.49. The van der Waals surface area contributed by atoms with Crippen LogP contribution in [-0.4, -0.2) is 18.0 Å². The molecule has 0 spiro atoms. The van der Waals surface area contributed by atoms with Gasteiger partial charge in [0.25, 0.3) is 5.91 Å². The second-order valence-corrected chi connectivity index (χ2v) is 5.69. The molecule has 0 radical (unpaired) electrons. The Morgan fingerprint density at radius 1 is 1.47 bits per heavy atom. The molecule has 0 aliphatic carbocycles. The van der Waals surface area contributed by atoms with E-state index in [1.165, 1.54) is 0 Å². The van der Waals surface area contributed by atoms with Gasteiger partial charge in [-0.05, 0) is 55.0 Å². The highest BCUT2D eigenvalue weighted by Gasteiger charge is 2.15. The number of carbonyl (C=O) groups is 1. The fraction of sp³-hybridized carbons (Fsp3) is 0.417. The van der Waals surface area contributed by atoms with Crippen molar-refractivity contribution in [2.45, 2.75) is 26.3 Å². The lowest BCUT2D eigenvalue weighted by molar-refractivity contribution is 0.0945. The van der Waals surface area contributed by atoms with Crippen LogP contribution in [0.5, 0.6) is 0 Å². The summed E-state index contributed by atoms with van der Waals surface area (Å²) in [5, 5.41) is 2.84. The predicted molar refractivity (Wildman–Crippen MR) is 81.7 cm³/mol. The largest absolute Gasteiger partial charge is 0.350 e. The average Bonchev–Trinajstić information content (AvgIpc) is 2.17. The van der Waals surface area contributed by atoms with Crippen molar-refractivity contribution >= 4 is 40.9 Å². The van der Waals surface area contributed by atoms with E-state index in [0.717, 1.165) is 9.13 Å². The molecular weight excluding hydrogens is 351 g/mol. The summed E-state index contributed by atoms with van der Waals surface area (Å²) in [6.07, 6.45) is 0. The Balaban J connectivity index is 0.00000256. The highest BCUT2D eigenvalue weighted by Crippen LogP contribution is 2.16. The molecule has 0 aliphatic rings. The number of carbonyl (C=O) groups excluding carboxylic acids is 1. The molecular formula is C12H18ClIN2O. The lowest BCUT2D eigenvalue weighted by Crippen LogP contribution is -2.45. The van der Waals surface area contributed by atoms with E-state index < -0.39 is 0 Å². The number of halogens is 2. The number of amides is 1. The zero-order valence-electron chi connectivity index (χ0n) is 10.2. The smallest absolute Gasteiger partial charge is 0.252 e. The second kappa shape index (κ2) is 6.56. The molecule has 0 aliphatic heterocycles. The Labute approximate surface area is 122 Å². The highest BCUT2D eigenvalue weighted by atomic mass is 127. The van der Waals surface area contributed by atoms with Crippen molar-refractivity contribution < 1.29 is 4.79 Å². The zero-order chi connectivity index (χ0) is 12.3. The van der Waals surface area contributed by atoms with Gasteiger partial charge in [-0.15, -0.1) is 12.4 Å². The van der Waals surface area contributed by atoms with Gasteiger partial charge in [0.15, 0.2) is 0 Å². The van der Waals surface area contributed by atoms with Gasteiger partial charge in [-0.25, -0.2) is 0 Å². The normalized spacial score (nSPS) is 10.6. The van der Waals surface area contributed by atoms with E-state index in [4.69, 9.17) is 5.73 Å². The summed E-state index contributed by atoms with van der Waals surface area (Å²) in [4.78, 5) is 11.9. The molecule has 0 fully saturated rings. The molecule has 96 valence electrons. The van der Waals surface area contributed by atoms with Crippen molar-refractivity contribution in [1.29, 1.82) is 0 Å². The fourth-order valence-electron chi connectivity index (χ4n) is 1.23. The van der Waals surface area contributed by atoms with Gasteiger partial charge in [0.05, 0.1) is 5.56 Å². The van der Waals surface area contributed by atoms with Gasteiger partial charge in [-0.2, -0.15) is 0 Å². The molecule has 0 saturated heterocycles. The molecule has 0 atom stereocenters. The van der Waals surface area contributed by atoms with E-state index in [1.54, 1.807) is 0 Å². The van der Waals surface area contributed by atoms with Gasteiger partial charge in [0.2, 0.25) is 0 Å². The molecule has 1 aromatic rings. The first-order chi connectivity index (χ1) is 7.31. The second-order valence-electron chi connectivity index (χ2n) is 4.61. The number of nitrogens with one attached hydrogen (secondary N) is 1. The van der Waals surface area contributed by atoms with E-state index in [-0.39, 0.29) is 23.9 Å². The minimum absolute atomic E-state index is 0. The molecule has 5 heteroatoms. The number of hydrogen-bond donors (Lipinski definition) is 2. The standard InChI is InChI=1S/C12H17IN2O.ClH/c1-8-5-4-6-9(10(8)13)11(16)15-7-12(2,3)14;/h4-6H,7,14H2,1-3H3,(H,15,16);1H. The van der Waals surface area contributed by atoms with Crippen LogP contribution in [-0.2, 0) is 0 Å². The number of aryl methyl sites for hydroxylation is 1. The minimum atomic E-state index is -0.384. The molecule has 17 heavy (non-hydrogen) atoms. The number of benzene rings is 1. The number of nitrogens with two attached hydrogens (primary N) is 1. The molecule has 1 amide bonds. The summed E-state index contributed by atoms with van der Waals surface area (Å²) in [5.74, 6) is -0.0633. The van der Waals surface area contributed by atoms with Crippen molar-refractivity contribution in [2.24, 2.45) is 5.73 Å². The molecule has 3 nitrogen and oxygen atoms in total. The molecule has 0 saturated carbocycles. The van der Waals surface area contributed by atoms with Crippen LogP contribution in [0.4, 0.5) is 0 Å². The van der Waals surface area contributed by atoms with Crippen LogP contribution in [0.3, 0.4) is 0 Å². The first kappa shape index (κ1) is 16.7. The number of rotatable bonds is 3. The summed E-state index contributed by atoms with van der Waals surface area (Å²) < 4.78 is 0.993. The third-order valence-electron chi connectivity index (χ3n) is 2.14. The third-order valence-corrected chi connectivity index (χ3v) is 3.57. The van der Waals surface area contributed by atoms with Crippen molar-refractivity contribution in [3.63, 3.8) is 0 Å². The van der Waals surface area contributed by atoms with E-state index in [0.29, 0.717) is 12.1 Å². The van der Waals surface area contributed by atoms with E-state index >= 15 is 0 Å². The van der Waals surface area contributed by atoms with Gasteiger partial charge in [-0.1, -0.05) is 12.1 Å². The van der Waals surface area contributed by atoms with Gasteiger partial charge >= 0.3 is 0 Å². The lowest BCUT2D eigenvalue weighted by Gasteiger charge is -2.19. The maximum atomic E-state index is 11.9. The molecule has 3 N–H and O–H groups in total. The molecule has 0 unspecified atom stereocenters. The first-order valence-electron chi connectivity index (χ1n) is 5.13. The van der Waals surface area contributed by atoms with Crippen LogP contribution in [0.25, 0.3) is 0 Å². The van der Waals surface area contributed by atoms with E-state index in [2.05, 4.69) is 27.9 Å². The molecule has 0 bridgehead atoms. The van der Waals surface area contributed by atoms with Crippen molar-refractivity contribution in [1.82, 2.24) is 5.32 Å². The SMILES string of the molecule is Cc1cccc(C(=O)NCC(C)(C)N)c1I.Cl. The third kappa shape index (κ3) is 5.23. The van der Waals surface area contributed by atoms with Crippen LogP contribution < -0.4 is 11.1 Å². The van der Waals surface area contributed by atoms with E-state index in [9.17, 15) is 4.79 Å². The number of hydrogen-bond acceptors (Lipinski definition) is 2. The summed E-state index contributed by atoms with van der Waals surface area (Å²) in [7, 11) is 0. The van der Waals surface area contributed by atoms with Gasteiger partial charge in [0.1, 0.15) is 0 Å². The van der Waals surface area contributed by atoms with Crippen molar-refractivity contribution in [2.75, 3.05) is 6.54 Å². The van der Waals surface area contributed by atoms with Crippen LogP contribution in [0, 0.1) is 10.5 Å². The quantitative estimate of drug-likeness (QED) is 0.806. The summed E-state index contributed by atoms with van der Waals surface area (Å²) in [6, 6.07) is 5.71. The Hall–Kier alpha value is -0.330. The Kier molecular flexibility index (Phi) is 6.43. The van der Waals surface area contributed by atoms with Gasteiger partial charge in [0, 0.05) is 15.7 Å². The van der Waals surface area contributed by atoms with E-state index in [1.807, 2.05) is 39.0 Å². The van der Waals surface area contributed by atoms with Gasteiger partial charge < -0.3 is 11.1 Å². The van der Waals surface area contributed by atoms with Crippen LogP contribution in [0.1, 0.15) is 29.8 Å². The minimum Gasteiger partial charge on any atom is -0.350 e. The van der Waals surface area contributed by atoms with Crippen LogP contribution >= 0.6 is 35.0 Å². The lowest BCUT2D eigenvalue weighted by atomic mass is 10.1. The fourth-order valence-corrected chi connectivity index (χ4v) is 1.83. The van der Waals surface area contributed by atoms with Gasteiger partial charge in [-0.3, -0.25) is 4.79 Å². The topological polar surface area (TPSA) is 55.1 Å². The van der Waals surface area contributed by atoms with Crippen molar-refractivity contribution in [3.05, 3.63) is 32.9 Å². The van der Waals surface area contributed by atoms with Crippen LogP contribution in [0.15, 0.2) is 18.2 Å². The summed E-state index contributed by atoms with van der Waals surface area (Å²) >= 11 is 2.19. The van der Waals surface area contributed by atoms with Crippen LogP contribution in [0.2, 0.25) is 0 Å². The maximum Gasteiger partial charge on any atom is 0.252 e. The Morgan fingerprint density at radius 3 is 2.59 bits per heavy atom. The maximum absolute atomic E-state index is 11.9. The average molecular weight is 369 g/mol. The Bertz CT molecular complexity index is 402. The highest BCUT2D eigenvalue weighted by molar-refractivity contribution is 14.1. The zero-order valence-corrected chi connectivity index (χ0v) is 13.2. The summed E-state index contributed by atoms with van der Waals surface area (Å²) in [5.41, 5.74) is 7.25. The molecule has 1 aromatic carbocycles. The molecule has 1 rings (SSSR count). The monoisotopic (exact) mass is 368 g/mol. The van der Waals surface area contributed by atoms with Crippen molar-refractivity contribution in [3.8, 4) is 0 Å². The molecule has 0 aromatic heterocycles.